The minimum Gasteiger partial charge on any atom is -0.497 e. The van der Waals surface area contributed by atoms with Crippen molar-refractivity contribution in [1.29, 1.82) is 0 Å². The molecule has 0 spiro atoms. The average molecular weight is 375 g/mol. The molecule has 1 saturated heterocycles. The van der Waals surface area contributed by atoms with Gasteiger partial charge in [0.2, 0.25) is 12.0 Å². The summed E-state index contributed by atoms with van der Waals surface area (Å²) in [6, 6.07) is 10.6. The molecule has 2 amide bonds. The lowest BCUT2D eigenvalue weighted by molar-refractivity contribution is -0.126. The summed E-state index contributed by atoms with van der Waals surface area (Å²) in [5.41, 5.74) is 1.21. The number of amides is 2. The number of imide groups is 1. The summed E-state index contributed by atoms with van der Waals surface area (Å²) in [5.74, 6) is -1.89. The highest BCUT2D eigenvalue weighted by atomic mass is 35.5. The lowest BCUT2D eigenvalue weighted by atomic mass is 9.94. The number of halogens is 2. The summed E-state index contributed by atoms with van der Waals surface area (Å²) in [6.45, 7) is 0. The van der Waals surface area contributed by atoms with Crippen LogP contribution in [0.2, 0.25) is 5.02 Å². The first-order valence-electron chi connectivity index (χ1n) is 7.72. The van der Waals surface area contributed by atoms with Gasteiger partial charge in [-0.25, -0.2) is 9.29 Å². The Kier molecular flexibility index (Phi) is 3.88. The molecule has 0 N–H and O–H groups in total. The maximum atomic E-state index is 13.4. The number of fused-ring (bicyclic) bond motifs is 1. The Labute approximate surface area is 152 Å². The first-order valence-corrected chi connectivity index (χ1v) is 8.10. The van der Waals surface area contributed by atoms with E-state index in [1.807, 2.05) is 0 Å². The summed E-state index contributed by atoms with van der Waals surface area (Å²) < 4.78 is 18.5. The third kappa shape index (κ3) is 2.43. The standard InChI is InChI=1S/C18H12ClFN2O4/c1-25-11-5-2-9(3-6-11)15-14-16(26-21-15)18(24)22(17(14)23)10-4-7-13(20)12(19)8-10/h2-8,14,16H,1H3. The molecular formula is C18H12ClFN2O4. The number of nitrogens with zero attached hydrogens (tertiary/aromatic N) is 2. The normalized spacial score (nSPS) is 21.5. The van der Waals surface area contributed by atoms with Crippen LogP contribution in [0.4, 0.5) is 10.1 Å². The van der Waals surface area contributed by atoms with Gasteiger partial charge in [0, 0.05) is 5.56 Å². The molecule has 2 aliphatic rings. The SMILES string of the molecule is COc1ccc(C2=NOC3C(=O)N(c4ccc(F)c(Cl)c4)C(=O)C23)cc1. The van der Waals surface area contributed by atoms with Gasteiger partial charge in [-0.2, -0.15) is 0 Å². The van der Waals surface area contributed by atoms with Gasteiger partial charge in [-0.1, -0.05) is 16.8 Å². The topological polar surface area (TPSA) is 68.2 Å². The van der Waals surface area contributed by atoms with Crippen molar-refractivity contribution < 1.29 is 23.6 Å². The second kappa shape index (κ2) is 6.10. The molecule has 6 nitrogen and oxygen atoms in total. The number of benzene rings is 2. The molecule has 2 aromatic carbocycles. The van der Waals surface area contributed by atoms with Gasteiger partial charge in [0.15, 0.2) is 0 Å². The Morgan fingerprint density at radius 1 is 1.15 bits per heavy atom. The fourth-order valence-electron chi connectivity index (χ4n) is 3.06. The fourth-order valence-corrected chi connectivity index (χ4v) is 3.23. The zero-order valence-corrected chi connectivity index (χ0v) is 14.2. The van der Waals surface area contributed by atoms with Crippen molar-refractivity contribution in [3.63, 3.8) is 0 Å². The summed E-state index contributed by atoms with van der Waals surface area (Å²) in [6.07, 6.45) is -1.04. The quantitative estimate of drug-likeness (QED) is 0.775. The highest BCUT2D eigenvalue weighted by molar-refractivity contribution is 6.34. The van der Waals surface area contributed by atoms with Gasteiger partial charge in [0.05, 0.1) is 17.8 Å². The van der Waals surface area contributed by atoms with E-state index in [-0.39, 0.29) is 10.7 Å². The maximum absolute atomic E-state index is 13.4. The van der Waals surface area contributed by atoms with Gasteiger partial charge in [-0.3, -0.25) is 9.59 Å². The summed E-state index contributed by atoms with van der Waals surface area (Å²) >= 11 is 5.77. The number of oxime groups is 1. The van der Waals surface area contributed by atoms with Gasteiger partial charge < -0.3 is 9.57 Å². The van der Waals surface area contributed by atoms with Crippen LogP contribution in [-0.2, 0) is 14.4 Å². The third-order valence-electron chi connectivity index (χ3n) is 4.36. The molecular weight excluding hydrogens is 363 g/mol. The van der Waals surface area contributed by atoms with Gasteiger partial charge in [-0.05, 0) is 42.5 Å². The minimum absolute atomic E-state index is 0.176. The second-order valence-electron chi connectivity index (χ2n) is 5.82. The fraction of sp³-hybridized carbons (Fsp3) is 0.167. The van der Waals surface area contributed by atoms with E-state index in [1.54, 1.807) is 31.4 Å². The molecule has 0 aromatic heterocycles. The largest absolute Gasteiger partial charge is 0.497 e. The van der Waals surface area contributed by atoms with Gasteiger partial charge in [0.25, 0.3) is 5.91 Å². The molecule has 0 bridgehead atoms. The number of hydrogen-bond acceptors (Lipinski definition) is 5. The number of rotatable bonds is 3. The number of methoxy groups -OCH3 is 1. The monoisotopic (exact) mass is 374 g/mol. The van der Waals surface area contributed by atoms with Crippen molar-refractivity contribution in [2.45, 2.75) is 6.10 Å². The van der Waals surface area contributed by atoms with E-state index in [0.717, 1.165) is 11.0 Å². The molecule has 26 heavy (non-hydrogen) atoms. The van der Waals surface area contributed by atoms with Gasteiger partial charge in [-0.15, -0.1) is 0 Å². The average Bonchev–Trinajstić information content (AvgIpc) is 3.18. The van der Waals surface area contributed by atoms with Crippen molar-refractivity contribution in [3.05, 3.63) is 58.9 Å². The van der Waals surface area contributed by atoms with E-state index >= 15 is 0 Å². The van der Waals surface area contributed by atoms with Crippen LogP contribution in [0.15, 0.2) is 47.6 Å². The van der Waals surface area contributed by atoms with Gasteiger partial charge >= 0.3 is 0 Å². The van der Waals surface area contributed by atoms with Crippen LogP contribution in [0.5, 0.6) is 5.75 Å². The Morgan fingerprint density at radius 3 is 2.54 bits per heavy atom. The van der Waals surface area contributed by atoms with E-state index in [1.165, 1.54) is 12.1 Å². The molecule has 2 aliphatic heterocycles. The number of anilines is 1. The molecule has 132 valence electrons. The molecule has 2 atom stereocenters. The maximum Gasteiger partial charge on any atom is 0.278 e. The molecule has 8 heteroatoms. The van der Waals surface area contributed by atoms with Gasteiger partial charge in [0.1, 0.15) is 23.2 Å². The van der Waals surface area contributed by atoms with Crippen LogP contribution in [0, 0.1) is 11.7 Å². The zero-order valence-electron chi connectivity index (χ0n) is 13.5. The number of carbonyl (C=O) groups excluding carboxylic acids is 2. The highest BCUT2D eigenvalue weighted by Crippen LogP contribution is 2.36. The first kappa shape index (κ1) is 16.5. The summed E-state index contributed by atoms with van der Waals surface area (Å²) in [4.78, 5) is 31.7. The Morgan fingerprint density at radius 2 is 1.88 bits per heavy atom. The van der Waals surface area contributed by atoms with Crippen molar-refractivity contribution in [3.8, 4) is 5.75 Å². The van der Waals surface area contributed by atoms with E-state index < -0.39 is 29.7 Å². The van der Waals surface area contributed by atoms with Crippen molar-refractivity contribution >= 4 is 34.8 Å². The van der Waals surface area contributed by atoms with Crippen LogP contribution >= 0.6 is 11.6 Å². The Hall–Kier alpha value is -2.93. The van der Waals surface area contributed by atoms with Crippen LogP contribution in [-0.4, -0.2) is 30.7 Å². The van der Waals surface area contributed by atoms with Crippen molar-refractivity contribution in [2.24, 2.45) is 11.1 Å². The molecule has 2 heterocycles. The van der Waals surface area contributed by atoms with E-state index in [4.69, 9.17) is 21.2 Å². The second-order valence-corrected chi connectivity index (χ2v) is 6.23. The molecule has 0 aliphatic carbocycles. The van der Waals surface area contributed by atoms with E-state index in [9.17, 15) is 14.0 Å². The lowest BCUT2D eigenvalue weighted by Gasteiger charge is -2.15. The van der Waals surface area contributed by atoms with Crippen LogP contribution in [0.25, 0.3) is 0 Å². The third-order valence-corrected chi connectivity index (χ3v) is 4.65. The number of carbonyl (C=O) groups is 2. The van der Waals surface area contributed by atoms with Crippen molar-refractivity contribution in [1.82, 2.24) is 0 Å². The number of ether oxygens (including phenoxy) is 1. The van der Waals surface area contributed by atoms with Crippen LogP contribution < -0.4 is 9.64 Å². The molecule has 1 fully saturated rings. The van der Waals surface area contributed by atoms with Crippen LogP contribution in [0.3, 0.4) is 0 Å². The van der Waals surface area contributed by atoms with E-state index in [0.29, 0.717) is 17.0 Å². The highest BCUT2D eigenvalue weighted by Gasteiger charge is 2.56. The minimum atomic E-state index is -1.04. The van der Waals surface area contributed by atoms with Crippen LogP contribution in [0.1, 0.15) is 5.56 Å². The molecule has 0 radical (unpaired) electrons. The summed E-state index contributed by atoms with van der Waals surface area (Å²) in [5, 5.41) is 3.75. The van der Waals surface area contributed by atoms with Crippen molar-refractivity contribution in [2.75, 3.05) is 12.0 Å². The zero-order chi connectivity index (χ0) is 18.4. The van der Waals surface area contributed by atoms with E-state index in [2.05, 4.69) is 5.16 Å². The number of hydrogen-bond donors (Lipinski definition) is 0. The molecule has 2 unspecified atom stereocenters. The molecule has 0 saturated carbocycles. The summed E-state index contributed by atoms with van der Waals surface area (Å²) in [7, 11) is 1.55. The Bertz CT molecular complexity index is 945. The predicted molar refractivity (Wildman–Crippen MR) is 91.8 cm³/mol. The molecule has 4 rings (SSSR count). The lowest BCUT2D eigenvalue weighted by Crippen LogP contribution is -2.33. The first-order chi connectivity index (χ1) is 12.5. The predicted octanol–water partition coefficient (Wildman–Crippen LogP) is 2.78. The smallest absolute Gasteiger partial charge is 0.278 e. The molecule has 2 aromatic rings. The Balaban J connectivity index is 1.68.